The van der Waals surface area contributed by atoms with Gasteiger partial charge in [-0.2, -0.15) is 0 Å². The van der Waals surface area contributed by atoms with E-state index in [1.807, 2.05) is 12.1 Å². The molecule has 2 rings (SSSR count). The smallest absolute Gasteiger partial charge is 0.328 e. The largest absolute Gasteiger partial charge is 0.497 e. The number of benzene rings is 2. The number of rotatable bonds is 5. The van der Waals surface area contributed by atoms with Crippen molar-refractivity contribution < 1.29 is 14.4 Å². The van der Waals surface area contributed by atoms with E-state index >= 15 is 0 Å². The van der Waals surface area contributed by atoms with E-state index in [0.29, 0.717) is 0 Å². The summed E-state index contributed by atoms with van der Waals surface area (Å²) in [7, 11) is 1.59. The van der Waals surface area contributed by atoms with Crippen LogP contribution in [0.1, 0.15) is 5.56 Å². The van der Waals surface area contributed by atoms with Crippen molar-refractivity contribution in [3.8, 4) is 11.5 Å². The molecule has 0 fully saturated rings. The molecule has 0 aromatic heterocycles. The van der Waals surface area contributed by atoms with Crippen LogP contribution in [0, 0.1) is 10.1 Å². The van der Waals surface area contributed by atoms with Crippen LogP contribution < -0.4 is 9.47 Å². The number of nitro groups is 1. The minimum atomic E-state index is -0.522. The average Bonchev–Trinajstić information content (AvgIpc) is 2.45. The van der Waals surface area contributed by atoms with E-state index in [0.717, 1.165) is 11.3 Å². The Morgan fingerprint density at radius 1 is 1.20 bits per heavy atom. The number of hydrogen-bond acceptors (Lipinski definition) is 4. The molecule has 0 bridgehead atoms. The van der Waals surface area contributed by atoms with E-state index in [-0.39, 0.29) is 22.9 Å². The van der Waals surface area contributed by atoms with Gasteiger partial charge in [0.25, 0.3) is 0 Å². The third-order valence-corrected chi connectivity index (χ3v) is 3.03. The number of nitro benzene ring substituents is 1. The molecular formula is C14H12NO4S. The van der Waals surface area contributed by atoms with Crippen molar-refractivity contribution in [3.05, 3.63) is 58.1 Å². The van der Waals surface area contributed by atoms with E-state index < -0.39 is 4.92 Å². The summed E-state index contributed by atoms with van der Waals surface area (Å²) in [5, 5.41) is 11.0. The number of ether oxygens (including phenoxy) is 2. The zero-order valence-electron chi connectivity index (χ0n) is 10.7. The Morgan fingerprint density at radius 2 is 1.90 bits per heavy atom. The van der Waals surface area contributed by atoms with Crippen molar-refractivity contribution >= 4 is 18.3 Å². The fourth-order valence-electron chi connectivity index (χ4n) is 1.68. The highest BCUT2D eigenvalue weighted by atomic mass is 32.1. The second kappa shape index (κ2) is 6.21. The Morgan fingerprint density at radius 3 is 2.50 bits per heavy atom. The molecule has 6 heteroatoms. The van der Waals surface area contributed by atoms with E-state index in [4.69, 9.17) is 22.1 Å². The average molecular weight is 290 g/mol. The summed E-state index contributed by atoms with van der Waals surface area (Å²) in [5.41, 5.74) is 0.714. The minimum absolute atomic E-state index is 0.169. The molecule has 0 saturated carbocycles. The van der Waals surface area contributed by atoms with Gasteiger partial charge in [0.2, 0.25) is 0 Å². The van der Waals surface area contributed by atoms with Gasteiger partial charge in [-0.25, -0.2) is 0 Å². The first kappa shape index (κ1) is 14.1. The first-order chi connectivity index (χ1) is 9.61. The molecule has 0 aliphatic rings. The fourth-order valence-corrected chi connectivity index (χ4v) is 1.94. The molecule has 2 aromatic rings. The minimum Gasteiger partial charge on any atom is -0.497 e. The zero-order chi connectivity index (χ0) is 14.5. The van der Waals surface area contributed by atoms with Gasteiger partial charge in [-0.05, 0) is 29.8 Å². The topological polar surface area (TPSA) is 61.6 Å². The van der Waals surface area contributed by atoms with Crippen molar-refractivity contribution in [2.45, 2.75) is 11.5 Å². The summed E-state index contributed by atoms with van der Waals surface area (Å²) in [6.07, 6.45) is 0. The van der Waals surface area contributed by atoms with Gasteiger partial charge in [0.1, 0.15) is 17.3 Å². The first-order valence-corrected chi connectivity index (χ1v) is 6.23. The second-order valence-corrected chi connectivity index (χ2v) is 4.44. The van der Waals surface area contributed by atoms with Crippen molar-refractivity contribution in [3.63, 3.8) is 0 Å². The molecular weight excluding hydrogens is 278 g/mol. The summed E-state index contributed by atoms with van der Waals surface area (Å²) in [4.78, 5) is 10.6. The van der Waals surface area contributed by atoms with Crippen LogP contribution >= 0.6 is 12.6 Å². The van der Waals surface area contributed by atoms with Crippen LogP contribution in [0.2, 0.25) is 0 Å². The molecule has 20 heavy (non-hydrogen) atoms. The van der Waals surface area contributed by atoms with Crippen molar-refractivity contribution in [1.29, 1.82) is 0 Å². The molecule has 2 aromatic carbocycles. The molecule has 103 valence electrons. The summed E-state index contributed by atoms with van der Waals surface area (Å²) in [5.74, 6) is 0.922. The van der Waals surface area contributed by atoms with Crippen LogP contribution in [0.3, 0.4) is 0 Å². The van der Waals surface area contributed by atoms with Crippen LogP contribution in [-0.2, 0) is 6.61 Å². The normalized spacial score (nSPS) is 10.1. The van der Waals surface area contributed by atoms with Gasteiger partial charge in [-0.3, -0.25) is 10.1 Å². The third kappa shape index (κ3) is 3.16. The molecule has 0 unspecified atom stereocenters. The van der Waals surface area contributed by atoms with Gasteiger partial charge >= 0.3 is 5.69 Å². The predicted octanol–water partition coefficient (Wildman–Crippen LogP) is 3.74. The van der Waals surface area contributed by atoms with E-state index in [1.54, 1.807) is 25.3 Å². The molecule has 0 heterocycles. The van der Waals surface area contributed by atoms with Crippen molar-refractivity contribution in [2.24, 2.45) is 0 Å². The SMILES string of the molecule is COc1ccc(COc2cccc([S])c2[N+](=O)[O-])cc1. The number of methoxy groups -OCH3 is 1. The lowest BCUT2D eigenvalue weighted by Gasteiger charge is -2.08. The fraction of sp³-hybridized carbons (Fsp3) is 0.143. The van der Waals surface area contributed by atoms with Gasteiger partial charge in [-0.15, -0.1) is 0 Å². The molecule has 0 N–H and O–H groups in total. The molecule has 5 nitrogen and oxygen atoms in total. The van der Waals surface area contributed by atoms with E-state index in [2.05, 4.69) is 0 Å². The van der Waals surface area contributed by atoms with Gasteiger partial charge in [0.05, 0.1) is 12.0 Å². The van der Waals surface area contributed by atoms with Crippen molar-refractivity contribution in [2.75, 3.05) is 7.11 Å². The highest BCUT2D eigenvalue weighted by molar-refractivity contribution is 7.80. The lowest BCUT2D eigenvalue weighted by molar-refractivity contribution is -0.388. The molecule has 0 spiro atoms. The summed E-state index contributed by atoms with van der Waals surface area (Å²) < 4.78 is 10.5. The predicted molar refractivity (Wildman–Crippen MR) is 76.3 cm³/mol. The summed E-state index contributed by atoms with van der Waals surface area (Å²) in [6.45, 7) is 0.226. The maximum absolute atomic E-state index is 11.0. The Bertz CT molecular complexity index is 613. The molecule has 0 aliphatic carbocycles. The standard InChI is InChI=1S/C14H12NO4S/c1-18-11-7-5-10(6-8-11)9-19-12-3-2-4-13(20)14(12)15(16)17/h2-8H,9H2,1H3. The molecule has 0 amide bonds. The number of para-hydroxylation sites is 1. The van der Waals surface area contributed by atoms with Gasteiger partial charge in [-0.1, -0.05) is 30.8 Å². The maximum atomic E-state index is 11.0. The van der Waals surface area contributed by atoms with Crippen LogP contribution in [0.5, 0.6) is 11.5 Å². The lowest BCUT2D eigenvalue weighted by atomic mass is 10.2. The van der Waals surface area contributed by atoms with E-state index in [9.17, 15) is 10.1 Å². The molecule has 0 saturated heterocycles. The summed E-state index contributed by atoms with van der Waals surface area (Å²) in [6, 6.07) is 12.0. The van der Waals surface area contributed by atoms with Crippen LogP contribution in [0.15, 0.2) is 47.4 Å². The van der Waals surface area contributed by atoms with Crippen LogP contribution in [-0.4, -0.2) is 12.0 Å². The van der Waals surface area contributed by atoms with Gasteiger partial charge in [0.15, 0.2) is 5.75 Å². The molecule has 1 radical (unpaired) electrons. The van der Waals surface area contributed by atoms with Gasteiger partial charge in [0, 0.05) is 0 Å². The lowest BCUT2D eigenvalue weighted by Crippen LogP contribution is -1.99. The highest BCUT2D eigenvalue weighted by Crippen LogP contribution is 2.33. The summed E-state index contributed by atoms with van der Waals surface area (Å²) >= 11 is 4.94. The van der Waals surface area contributed by atoms with Crippen LogP contribution in [0.4, 0.5) is 5.69 Å². The number of nitrogens with zero attached hydrogens (tertiary/aromatic N) is 1. The Labute approximate surface area is 121 Å². The quantitative estimate of drug-likeness (QED) is 0.621. The Kier molecular flexibility index (Phi) is 4.37. The third-order valence-electron chi connectivity index (χ3n) is 2.70. The van der Waals surface area contributed by atoms with Crippen LogP contribution in [0.25, 0.3) is 0 Å². The zero-order valence-corrected chi connectivity index (χ0v) is 11.6. The van der Waals surface area contributed by atoms with Crippen molar-refractivity contribution in [1.82, 2.24) is 0 Å². The van der Waals surface area contributed by atoms with E-state index in [1.165, 1.54) is 12.1 Å². The maximum Gasteiger partial charge on any atom is 0.328 e. The molecule has 0 aliphatic heterocycles. The Hall–Kier alpha value is -2.34. The Balaban J connectivity index is 2.14. The highest BCUT2D eigenvalue weighted by Gasteiger charge is 2.19. The first-order valence-electron chi connectivity index (χ1n) is 5.82. The number of hydrogen-bond donors (Lipinski definition) is 0. The van der Waals surface area contributed by atoms with Gasteiger partial charge < -0.3 is 9.47 Å². The second-order valence-electron chi connectivity index (χ2n) is 4.00. The monoisotopic (exact) mass is 290 g/mol. The molecule has 0 atom stereocenters.